The number of unbranched alkanes of at least 4 members (excludes halogenated alkanes) is 1. The zero-order valence-electron chi connectivity index (χ0n) is 17.8. The van der Waals surface area contributed by atoms with Crippen LogP contribution in [0, 0.1) is 12.8 Å². The number of nitrogens with zero attached hydrogens (tertiary/aromatic N) is 2. The van der Waals surface area contributed by atoms with Crippen molar-refractivity contribution in [1.29, 1.82) is 0 Å². The van der Waals surface area contributed by atoms with Gasteiger partial charge in [-0.05, 0) is 63.3 Å². The number of ether oxygens (including phenoxy) is 1. The average molecular weight is 406 g/mol. The van der Waals surface area contributed by atoms with Gasteiger partial charge < -0.3 is 14.6 Å². The largest absolute Gasteiger partial charge is 0.494 e. The number of para-hydroxylation sites is 2. The molecule has 0 saturated heterocycles. The molecule has 158 valence electrons. The van der Waals surface area contributed by atoms with E-state index in [1.54, 1.807) is 0 Å². The molecule has 0 aliphatic heterocycles. The van der Waals surface area contributed by atoms with E-state index >= 15 is 0 Å². The molecule has 1 N–H and O–H groups in total. The summed E-state index contributed by atoms with van der Waals surface area (Å²) in [6.07, 6.45) is 5.93. The SMILES string of the molecule is Cc1ccc(OCCCCn2c(CCCNC(=O)C3CC3)nc3ccccc32)cc1. The molecular weight excluding hydrogens is 374 g/mol. The topological polar surface area (TPSA) is 56.1 Å². The minimum absolute atomic E-state index is 0.220. The van der Waals surface area contributed by atoms with Crippen LogP contribution >= 0.6 is 0 Å². The molecule has 0 unspecified atom stereocenters. The lowest BCUT2D eigenvalue weighted by molar-refractivity contribution is -0.122. The molecule has 2 aromatic carbocycles. The molecule has 1 aliphatic rings. The van der Waals surface area contributed by atoms with E-state index < -0.39 is 0 Å². The molecular formula is C25H31N3O2. The van der Waals surface area contributed by atoms with Crippen LogP contribution in [0.3, 0.4) is 0 Å². The molecule has 1 heterocycles. The van der Waals surface area contributed by atoms with Crippen LogP contribution in [-0.4, -0.2) is 28.6 Å². The van der Waals surface area contributed by atoms with Crippen molar-refractivity contribution < 1.29 is 9.53 Å². The van der Waals surface area contributed by atoms with Crippen LogP contribution in [0.5, 0.6) is 5.75 Å². The molecule has 0 radical (unpaired) electrons. The number of hydrogen-bond acceptors (Lipinski definition) is 3. The van der Waals surface area contributed by atoms with E-state index in [9.17, 15) is 4.79 Å². The van der Waals surface area contributed by atoms with Crippen LogP contribution in [0.25, 0.3) is 11.0 Å². The van der Waals surface area contributed by atoms with Crippen molar-refractivity contribution in [2.24, 2.45) is 5.92 Å². The summed E-state index contributed by atoms with van der Waals surface area (Å²) in [6, 6.07) is 16.5. The Morgan fingerprint density at radius 2 is 1.90 bits per heavy atom. The Morgan fingerprint density at radius 3 is 2.70 bits per heavy atom. The van der Waals surface area contributed by atoms with Gasteiger partial charge in [0, 0.05) is 25.4 Å². The number of aromatic nitrogens is 2. The van der Waals surface area contributed by atoms with Gasteiger partial charge in [-0.1, -0.05) is 29.8 Å². The third-order valence-electron chi connectivity index (χ3n) is 5.62. The van der Waals surface area contributed by atoms with Crippen LogP contribution in [0.4, 0.5) is 0 Å². The monoisotopic (exact) mass is 405 g/mol. The normalized spacial score (nSPS) is 13.5. The third kappa shape index (κ3) is 5.41. The van der Waals surface area contributed by atoms with E-state index in [0.717, 1.165) is 75.3 Å². The van der Waals surface area contributed by atoms with Crippen LogP contribution in [-0.2, 0) is 17.8 Å². The molecule has 5 heteroatoms. The number of fused-ring (bicyclic) bond motifs is 1. The van der Waals surface area contributed by atoms with Gasteiger partial charge in [0.25, 0.3) is 0 Å². The fourth-order valence-corrected chi connectivity index (χ4v) is 3.71. The summed E-state index contributed by atoms with van der Waals surface area (Å²) in [5.41, 5.74) is 3.48. The molecule has 0 spiro atoms. The Kier molecular flexibility index (Phi) is 6.67. The second-order valence-electron chi connectivity index (χ2n) is 8.21. The van der Waals surface area contributed by atoms with Crippen molar-refractivity contribution in [2.45, 2.75) is 52.0 Å². The smallest absolute Gasteiger partial charge is 0.223 e. The zero-order chi connectivity index (χ0) is 20.8. The molecule has 1 aromatic heterocycles. The highest BCUT2D eigenvalue weighted by molar-refractivity contribution is 5.80. The Hall–Kier alpha value is -2.82. The van der Waals surface area contributed by atoms with E-state index in [-0.39, 0.29) is 11.8 Å². The highest BCUT2D eigenvalue weighted by Crippen LogP contribution is 2.28. The number of hydrogen-bond donors (Lipinski definition) is 1. The van der Waals surface area contributed by atoms with Crippen molar-refractivity contribution in [3.63, 3.8) is 0 Å². The summed E-state index contributed by atoms with van der Waals surface area (Å²) >= 11 is 0. The molecule has 3 aromatic rings. The molecule has 1 amide bonds. The van der Waals surface area contributed by atoms with Gasteiger partial charge in [-0.25, -0.2) is 4.98 Å². The van der Waals surface area contributed by atoms with Gasteiger partial charge in [0.2, 0.25) is 5.91 Å². The quantitative estimate of drug-likeness (QED) is 0.472. The number of nitrogens with one attached hydrogen (secondary N) is 1. The fourth-order valence-electron chi connectivity index (χ4n) is 3.71. The summed E-state index contributed by atoms with van der Waals surface area (Å²) < 4.78 is 8.20. The number of aryl methyl sites for hydroxylation is 3. The molecule has 1 fully saturated rings. The van der Waals surface area contributed by atoms with E-state index in [4.69, 9.17) is 9.72 Å². The Morgan fingerprint density at radius 1 is 1.10 bits per heavy atom. The highest BCUT2D eigenvalue weighted by Gasteiger charge is 2.29. The minimum Gasteiger partial charge on any atom is -0.494 e. The maximum Gasteiger partial charge on any atom is 0.223 e. The van der Waals surface area contributed by atoms with Crippen molar-refractivity contribution in [3.05, 3.63) is 59.9 Å². The maximum atomic E-state index is 11.8. The number of rotatable bonds is 11. The van der Waals surface area contributed by atoms with Gasteiger partial charge in [0.05, 0.1) is 17.6 Å². The summed E-state index contributed by atoms with van der Waals surface area (Å²) in [6.45, 7) is 4.46. The van der Waals surface area contributed by atoms with Crippen molar-refractivity contribution >= 4 is 16.9 Å². The van der Waals surface area contributed by atoms with Crippen molar-refractivity contribution in [3.8, 4) is 5.75 Å². The standard InChI is InChI=1S/C25H31N3O2/c1-19-10-14-21(15-11-19)30-18-5-4-17-28-23-8-3-2-7-22(23)27-24(28)9-6-16-26-25(29)20-12-13-20/h2-3,7-8,10-11,14-15,20H,4-6,9,12-13,16-18H2,1H3,(H,26,29). The van der Waals surface area contributed by atoms with Crippen molar-refractivity contribution in [1.82, 2.24) is 14.9 Å². The minimum atomic E-state index is 0.220. The predicted molar refractivity (Wildman–Crippen MR) is 120 cm³/mol. The van der Waals surface area contributed by atoms with Crippen molar-refractivity contribution in [2.75, 3.05) is 13.2 Å². The summed E-state index contributed by atoms with van der Waals surface area (Å²) in [5.74, 6) is 2.53. The van der Waals surface area contributed by atoms with Crippen LogP contribution in [0.1, 0.15) is 43.5 Å². The molecule has 1 saturated carbocycles. The Balaban J connectivity index is 1.28. The molecule has 30 heavy (non-hydrogen) atoms. The van der Waals surface area contributed by atoms with Gasteiger partial charge >= 0.3 is 0 Å². The van der Waals surface area contributed by atoms with Gasteiger partial charge in [0.1, 0.15) is 11.6 Å². The van der Waals surface area contributed by atoms with E-state index in [0.29, 0.717) is 0 Å². The van der Waals surface area contributed by atoms with Gasteiger partial charge in [-0.15, -0.1) is 0 Å². The number of amides is 1. The molecule has 5 nitrogen and oxygen atoms in total. The first-order chi connectivity index (χ1) is 14.7. The number of carbonyl (C=O) groups is 1. The summed E-state index contributed by atoms with van der Waals surface area (Å²) in [5, 5.41) is 3.05. The van der Waals surface area contributed by atoms with Crippen LogP contribution in [0.2, 0.25) is 0 Å². The van der Waals surface area contributed by atoms with E-state index in [1.807, 2.05) is 18.2 Å². The van der Waals surface area contributed by atoms with Gasteiger partial charge in [0.15, 0.2) is 0 Å². The molecule has 0 atom stereocenters. The maximum absolute atomic E-state index is 11.8. The lowest BCUT2D eigenvalue weighted by atomic mass is 10.2. The van der Waals surface area contributed by atoms with E-state index in [1.165, 1.54) is 11.1 Å². The first-order valence-electron chi connectivity index (χ1n) is 11.1. The first kappa shape index (κ1) is 20.5. The second kappa shape index (κ2) is 9.79. The number of carbonyl (C=O) groups excluding carboxylic acids is 1. The third-order valence-corrected chi connectivity index (χ3v) is 5.62. The average Bonchev–Trinajstić information content (AvgIpc) is 3.55. The zero-order valence-corrected chi connectivity index (χ0v) is 17.8. The molecule has 0 bridgehead atoms. The fraction of sp³-hybridized carbons (Fsp3) is 0.440. The Bertz CT molecular complexity index is 974. The first-order valence-corrected chi connectivity index (χ1v) is 11.1. The lowest BCUT2D eigenvalue weighted by Gasteiger charge is -2.11. The van der Waals surface area contributed by atoms with Gasteiger partial charge in [-0.3, -0.25) is 4.79 Å². The predicted octanol–water partition coefficient (Wildman–Crippen LogP) is 4.66. The number of benzene rings is 2. The van der Waals surface area contributed by atoms with Gasteiger partial charge in [-0.2, -0.15) is 0 Å². The highest BCUT2D eigenvalue weighted by atomic mass is 16.5. The second-order valence-corrected chi connectivity index (χ2v) is 8.21. The molecule has 4 rings (SSSR count). The number of imidazole rings is 1. The van der Waals surface area contributed by atoms with E-state index in [2.05, 4.69) is 47.1 Å². The summed E-state index contributed by atoms with van der Waals surface area (Å²) in [4.78, 5) is 16.7. The molecule has 1 aliphatic carbocycles. The lowest BCUT2D eigenvalue weighted by Crippen LogP contribution is -2.26. The Labute approximate surface area is 178 Å². The summed E-state index contributed by atoms with van der Waals surface area (Å²) in [7, 11) is 0. The van der Waals surface area contributed by atoms with Crippen LogP contribution < -0.4 is 10.1 Å². The van der Waals surface area contributed by atoms with Crippen LogP contribution in [0.15, 0.2) is 48.5 Å².